The van der Waals surface area contributed by atoms with Gasteiger partial charge >= 0.3 is 0 Å². The van der Waals surface area contributed by atoms with Crippen LogP contribution in [0.15, 0.2) is 30.9 Å². The molecule has 6 heteroatoms. The SMILES string of the molecule is C=CCc1cccc2c1C(=O)c1c(Cl)c(Cl)c(Cl)c(Cl)c1C2=O. The molecule has 0 saturated heterocycles. The number of benzene rings is 2. The van der Waals surface area contributed by atoms with E-state index in [1.54, 1.807) is 24.3 Å². The largest absolute Gasteiger partial charge is 0.289 e. The highest BCUT2D eigenvalue weighted by Gasteiger charge is 2.37. The molecule has 0 unspecified atom stereocenters. The molecule has 2 nitrogen and oxygen atoms in total. The predicted octanol–water partition coefficient (Wildman–Crippen LogP) is 5.80. The van der Waals surface area contributed by atoms with Gasteiger partial charge in [-0.3, -0.25) is 9.59 Å². The minimum Gasteiger partial charge on any atom is -0.289 e. The second-order valence-electron chi connectivity index (χ2n) is 5.00. The van der Waals surface area contributed by atoms with Gasteiger partial charge in [-0.1, -0.05) is 70.7 Å². The van der Waals surface area contributed by atoms with Gasteiger partial charge in [0.2, 0.25) is 0 Å². The maximum Gasteiger partial charge on any atom is 0.196 e. The maximum absolute atomic E-state index is 13.0. The smallest absolute Gasteiger partial charge is 0.196 e. The average molecular weight is 386 g/mol. The average Bonchev–Trinajstić information content (AvgIpc) is 2.54. The molecule has 1 aliphatic carbocycles. The molecule has 0 saturated carbocycles. The third-order valence-electron chi connectivity index (χ3n) is 3.71. The highest BCUT2D eigenvalue weighted by Crippen LogP contribution is 2.45. The van der Waals surface area contributed by atoms with Crippen molar-refractivity contribution in [3.05, 3.63) is 78.8 Å². The highest BCUT2D eigenvalue weighted by molar-refractivity contribution is 6.55. The van der Waals surface area contributed by atoms with Gasteiger partial charge < -0.3 is 0 Å². The van der Waals surface area contributed by atoms with Crippen LogP contribution in [0.4, 0.5) is 0 Å². The van der Waals surface area contributed by atoms with Gasteiger partial charge in [0.1, 0.15) is 0 Å². The third kappa shape index (κ3) is 2.33. The highest BCUT2D eigenvalue weighted by atomic mass is 35.5. The Kier molecular flexibility index (Phi) is 4.28. The van der Waals surface area contributed by atoms with Crippen molar-refractivity contribution in [1.82, 2.24) is 0 Å². The quantitative estimate of drug-likeness (QED) is 0.317. The lowest BCUT2D eigenvalue weighted by molar-refractivity contribution is 0.0978. The number of fused-ring (bicyclic) bond motifs is 2. The molecule has 3 rings (SSSR count). The molecule has 0 amide bonds. The summed E-state index contributed by atoms with van der Waals surface area (Å²) in [7, 11) is 0. The zero-order valence-electron chi connectivity index (χ0n) is 11.6. The van der Waals surface area contributed by atoms with E-state index >= 15 is 0 Å². The van der Waals surface area contributed by atoms with Gasteiger partial charge in [-0.2, -0.15) is 0 Å². The van der Waals surface area contributed by atoms with Crippen LogP contribution < -0.4 is 0 Å². The van der Waals surface area contributed by atoms with E-state index in [1.165, 1.54) is 0 Å². The molecule has 2 aromatic rings. The van der Waals surface area contributed by atoms with E-state index in [4.69, 9.17) is 46.4 Å². The van der Waals surface area contributed by atoms with Crippen molar-refractivity contribution in [3.8, 4) is 0 Å². The fourth-order valence-electron chi connectivity index (χ4n) is 2.70. The number of ketones is 2. The van der Waals surface area contributed by atoms with Gasteiger partial charge in [-0.05, 0) is 12.0 Å². The number of rotatable bonds is 2. The van der Waals surface area contributed by atoms with Crippen molar-refractivity contribution < 1.29 is 9.59 Å². The summed E-state index contributed by atoms with van der Waals surface area (Å²) in [6.45, 7) is 3.67. The third-order valence-corrected chi connectivity index (χ3v) is 5.51. The van der Waals surface area contributed by atoms with E-state index in [0.29, 0.717) is 17.5 Å². The summed E-state index contributed by atoms with van der Waals surface area (Å²) in [6, 6.07) is 5.06. The number of hydrogen-bond donors (Lipinski definition) is 0. The molecular formula is C17H8Cl4O2. The van der Waals surface area contributed by atoms with E-state index in [1.807, 2.05) is 0 Å². The number of carbonyl (C=O) groups excluding carboxylic acids is 2. The van der Waals surface area contributed by atoms with Gasteiger partial charge in [0.15, 0.2) is 11.6 Å². The molecule has 0 atom stereocenters. The molecule has 2 aromatic carbocycles. The van der Waals surface area contributed by atoms with Gasteiger partial charge in [0, 0.05) is 11.1 Å². The fraction of sp³-hybridized carbons (Fsp3) is 0.0588. The van der Waals surface area contributed by atoms with Crippen molar-refractivity contribution in [2.45, 2.75) is 6.42 Å². The molecule has 0 N–H and O–H groups in total. The number of allylic oxidation sites excluding steroid dienone is 1. The van der Waals surface area contributed by atoms with E-state index in [-0.39, 0.29) is 36.8 Å². The van der Waals surface area contributed by atoms with Crippen LogP contribution in [0.25, 0.3) is 0 Å². The van der Waals surface area contributed by atoms with Crippen LogP contribution in [0.2, 0.25) is 20.1 Å². The fourth-order valence-corrected chi connectivity index (χ4v) is 3.73. The van der Waals surface area contributed by atoms with Crippen molar-refractivity contribution in [3.63, 3.8) is 0 Å². The van der Waals surface area contributed by atoms with E-state index in [2.05, 4.69) is 6.58 Å². The van der Waals surface area contributed by atoms with Crippen LogP contribution in [0.3, 0.4) is 0 Å². The molecule has 23 heavy (non-hydrogen) atoms. The molecule has 116 valence electrons. The second kappa shape index (κ2) is 5.95. The molecule has 0 spiro atoms. The summed E-state index contributed by atoms with van der Waals surface area (Å²) in [5.74, 6) is -0.788. The standard InChI is InChI=1S/C17H8Cl4O2/c1-2-4-7-5-3-6-8-9(7)17(23)11-10(16(8)22)12(18)14(20)15(21)13(11)19/h2-3,5-6H,1,4H2. The Labute approximate surface area is 152 Å². The number of hydrogen-bond acceptors (Lipinski definition) is 2. The lowest BCUT2D eigenvalue weighted by atomic mass is 9.81. The topological polar surface area (TPSA) is 34.1 Å². The Morgan fingerprint density at radius 1 is 0.826 bits per heavy atom. The van der Waals surface area contributed by atoms with E-state index in [9.17, 15) is 9.59 Å². The van der Waals surface area contributed by atoms with Gasteiger partial charge in [-0.25, -0.2) is 0 Å². The van der Waals surface area contributed by atoms with Crippen LogP contribution in [0.5, 0.6) is 0 Å². The van der Waals surface area contributed by atoms with Gasteiger partial charge in [0.25, 0.3) is 0 Å². The lowest BCUT2D eigenvalue weighted by Crippen LogP contribution is -2.23. The second-order valence-corrected chi connectivity index (χ2v) is 6.51. The Morgan fingerprint density at radius 3 is 1.96 bits per heavy atom. The first kappa shape index (κ1) is 16.5. The number of halogens is 4. The predicted molar refractivity (Wildman–Crippen MR) is 93.7 cm³/mol. The Bertz CT molecular complexity index is 900. The molecule has 0 radical (unpaired) electrons. The molecule has 0 heterocycles. The zero-order chi connectivity index (χ0) is 16.9. The lowest BCUT2D eigenvalue weighted by Gasteiger charge is -2.23. The van der Waals surface area contributed by atoms with Crippen LogP contribution in [-0.2, 0) is 6.42 Å². The monoisotopic (exact) mass is 384 g/mol. The summed E-state index contributed by atoms with van der Waals surface area (Å²) >= 11 is 24.4. The van der Waals surface area contributed by atoms with E-state index < -0.39 is 11.6 Å². The van der Waals surface area contributed by atoms with Crippen molar-refractivity contribution >= 4 is 58.0 Å². The summed E-state index contributed by atoms with van der Waals surface area (Å²) < 4.78 is 0. The Balaban J connectivity index is 2.41. The number of carbonyl (C=O) groups is 2. The zero-order valence-corrected chi connectivity index (χ0v) is 14.6. The summed E-state index contributed by atoms with van der Waals surface area (Å²) in [6.07, 6.45) is 2.11. The van der Waals surface area contributed by atoms with E-state index in [0.717, 1.165) is 0 Å². The maximum atomic E-state index is 13.0. The first-order chi connectivity index (χ1) is 10.9. The van der Waals surface area contributed by atoms with Crippen LogP contribution in [0.1, 0.15) is 37.4 Å². The summed E-state index contributed by atoms with van der Waals surface area (Å²) in [4.78, 5) is 25.8. The van der Waals surface area contributed by atoms with Crippen molar-refractivity contribution in [2.75, 3.05) is 0 Å². The molecule has 0 aliphatic heterocycles. The van der Waals surface area contributed by atoms with Gasteiger partial charge in [-0.15, -0.1) is 6.58 Å². The molecular weight excluding hydrogens is 378 g/mol. The van der Waals surface area contributed by atoms with Crippen LogP contribution in [-0.4, -0.2) is 11.6 Å². The summed E-state index contributed by atoms with van der Waals surface area (Å²) in [5.41, 5.74) is 1.28. The minimum absolute atomic E-state index is 0.0000731. The Hall–Kier alpha value is -1.32. The van der Waals surface area contributed by atoms with Crippen LogP contribution in [0, 0.1) is 0 Å². The van der Waals surface area contributed by atoms with Crippen molar-refractivity contribution in [1.29, 1.82) is 0 Å². The molecule has 0 bridgehead atoms. The van der Waals surface area contributed by atoms with Crippen LogP contribution >= 0.6 is 46.4 Å². The normalized spacial score (nSPS) is 12.9. The molecule has 0 aromatic heterocycles. The van der Waals surface area contributed by atoms with Gasteiger partial charge in [0.05, 0.1) is 31.2 Å². The minimum atomic E-state index is -0.397. The molecule has 0 fully saturated rings. The summed E-state index contributed by atoms with van der Waals surface area (Å²) in [5, 5.41) is -0.200. The first-order valence-corrected chi connectivity index (χ1v) is 8.09. The van der Waals surface area contributed by atoms with Crippen molar-refractivity contribution in [2.24, 2.45) is 0 Å². The first-order valence-electron chi connectivity index (χ1n) is 6.58. The Morgan fingerprint density at radius 2 is 1.39 bits per heavy atom. The molecule has 1 aliphatic rings.